The summed E-state index contributed by atoms with van der Waals surface area (Å²) in [6, 6.07) is 5.87. The van der Waals surface area contributed by atoms with Crippen LogP contribution in [0.2, 0.25) is 0 Å². The van der Waals surface area contributed by atoms with Crippen molar-refractivity contribution in [1.82, 2.24) is 4.31 Å². The van der Waals surface area contributed by atoms with Crippen LogP contribution in [0.15, 0.2) is 46.0 Å². The van der Waals surface area contributed by atoms with Crippen molar-refractivity contribution in [2.24, 2.45) is 4.99 Å². The van der Waals surface area contributed by atoms with Gasteiger partial charge < -0.3 is 4.42 Å². The Bertz CT molecular complexity index is 1080. The van der Waals surface area contributed by atoms with Crippen molar-refractivity contribution in [3.63, 3.8) is 0 Å². The fourth-order valence-electron chi connectivity index (χ4n) is 2.35. The van der Waals surface area contributed by atoms with Crippen LogP contribution in [0.5, 0.6) is 0 Å². The minimum Gasteiger partial charge on any atom is -0.455 e. The first-order chi connectivity index (χ1) is 12.1. The van der Waals surface area contributed by atoms with Crippen LogP contribution in [0.25, 0.3) is 24.0 Å². The van der Waals surface area contributed by atoms with E-state index in [0.29, 0.717) is 33.2 Å². The van der Waals surface area contributed by atoms with Crippen molar-refractivity contribution in [1.29, 1.82) is 0 Å². The molecule has 0 radical (unpaired) electrons. The van der Waals surface area contributed by atoms with Gasteiger partial charge >= 0.3 is 0 Å². The van der Waals surface area contributed by atoms with Crippen molar-refractivity contribution in [2.45, 2.75) is 6.92 Å². The van der Waals surface area contributed by atoms with Gasteiger partial charge in [-0.05, 0) is 31.2 Å². The van der Waals surface area contributed by atoms with Crippen molar-refractivity contribution >= 4 is 28.4 Å². The second kappa shape index (κ2) is 7.29. The normalized spacial score (nSPS) is 13.1. The molecule has 0 saturated carbocycles. The van der Waals surface area contributed by atoms with E-state index in [1.807, 2.05) is 6.92 Å². The Labute approximate surface area is 152 Å². The SMILES string of the molecule is C=C(/C=c1/oc(-c2ccc(F)cc2)c(C(C)=NC)c1=C)N(C)S(C)(=O)=O. The van der Waals surface area contributed by atoms with E-state index in [0.717, 1.165) is 10.6 Å². The van der Waals surface area contributed by atoms with Crippen LogP contribution in [0.4, 0.5) is 4.39 Å². The first-order valence-electron chi connectivity index (χ1n) is 7.72. The fraction of sp³-hybridized carbons (Fsp3) is 0.211. The molecule has 7 heteroatoms. The topological polar surface area (TPSA) is 62.9 Å². The molecule has 2 rings (SSSR count). The van der Waals surface area contributed by atoms with Crippen LogP contribution in [0, 0.1) is 5.82 Å². The van der Waals surface area contributed by atoms with E-state index in [9.17, 15) is 12.8 Å². The van der Waals surface area contributed by atoms with E-state index in [2.05, 4.69) is 18.2 Å². The third-order valence-electron chi connectivity index (χ3n) is 4.04. The van der Waals surface area contributed by atoms with Crippen molar-refractivity contribution < 1.29 is 17.2 Å². The number of halogens is 1. The largest absolute Gasteiger partial charge is 0.455 e. The molecule has 2 aromatic rings. The Balaban J connectivity index is 2.71. The first-order valence-corrected chi connectivity index (χ1v) is 9.57. The van der Waals surface area contributed by atoms with E-state index in [1.165, 1.54) is 25.3 Å². The smallest absolute Gasteiger partial charge is 0.231 e. The first kappa shape index (κ1) is 19.7. The number of aliphatic imine (C=N–C) groups is 1. The van der Waals surface area contributed by atoms with Crippen LogP contribution >= 0.6 is 0 Å². The highest BCUT2D eigenvalue weighted by Gasteiger charge is 2.17. The maximum atomic E-state index is 13.2. The van der Waals surface area contributed by atoms with E-state index < -0.39 is 10.0 Å². The lowest BCUT2D eigenvalue weighted by atomic mass is 10.0. The van der Waals surface area contributed by atoms with Gasteiger partial charge in [0.25, 0.3) is 0 Å². The van der Waals surface area contributed by atoms with Crippen LogP contribution < -0.4 is 10.6 Å². The summed E-state index contributed by atoms with van der Waals surface area (Å²) in [5, 5.41) is 0.551. The summed E-state index contributed by atoms with van der Waals surface area (Å²) in [6.45, 7) is 9.62. The number of hydrogen-bond donors (Lipinski definition) is 0. The summed E-state index contributed by atoms with van der Waals surface area (Å²) in [4.78, 5) is 4.19. The molecule has 0 aliphatic rings. The fourth-order valence-corrected chi connectivity index (χ4v) is 2.83. The quantitative estimate of drug-likeness (QED) is 0.751. The van der Waals surface area contributed by atoms with Crippen molar-refractivity contribution in [3.05, 3.63) is 58.6 Å². The summed E-state index contributed by atoms with van der Waals surface area (Å²) < 4.78 is 43.6. The molecule has 138 valence electrons. The predicted octanol–water partition coefficient (Wildman–Crippen LogP) is 2.12. The standard InChI is InChI=1S/C19H21FN2O3S/c1-12(22(5)26(6,23)24)11-17-13(2)18(14(3)21-4)19(25-17)15-7-9-16(20)10-8-15/h7-11H,1-2H2,3-6H3/b17-11+,21-14?. The summed E-state index contributed by atoms with van der Waals surface area (Å²) in [7, 11) is -0.389. The molecule has 0 fully saturated rings. The Kier molecular flexibility index (Phi) is 5.51. The molecule has 26 heavy (non-hydrogen) atoms. The number of allylic oxidation sites excluding steroid dienone is 1. The molecule has 0 N–H and O–H groups in total. The third kappa shape index (κ3) is 3.94. The van der Waals surface area contributed by atoms with Gasteiger partial charge in [-0.2, -0.15) is 0 Å². The van der Waals surface area contributed by atoms with Crippen LogP contribution in [-0.2, 0) is 10.0 Å². The molecule has 1 aromatic heterocycles. The lowest BCUT2D eigenvalue weighted by Gasteiger charge is -2.15. The Morgan fingerprint density at radius 2 is 1.88 bits per heavy atom. The van der Waals surface area contributed by atoms with E-state index in [4.69, 9.17) is 4.42 Å². The number of nitrogens with zero attached hydrogens (tertiary/aromatic N) is 2. The molecule has 0 amide bonds. The van der Waals surface area contributed by atoms with Crippen molar-refractivity contribution in [3.8, 4) is 11.3 Å². The summed E-state index contributed by atoms with van der Waals surface area (Å²) >= 11 is 0. The Morgan fingerprint density at radius 3 is 2.38 bits per heavy atom. The number of benzene rings is 1. The highest BCUT2D eigenvalue weighted by atomic mass is 32.2. The van der Waals surface area contributed by atoms with Gasteiger partial charge in [0.15, 0.2) is 0 Å². The lowest BCUT2D eigenvalue weighted by molar-refractivity contribution is 0.531. The predicted molar refractivity (Wildman–Crippen MR) is 103 cm³/mol. The van der Waals surface area contributed by atoms with E-state index >= 15 is 0 Å². The number of furan rings is 1. The van der Waals surface area contributed by atoms with Crippen LogP contribution in [-0.4, -0.2) is 38.8 Å². The molecule has 0 unspecified atom stereocenters. The minimum atomic E-state index is -3.44. The Hall–Kier alpha value is -2.67. The molecular weight excluding hydrogens is 355 g/mol. The number of sulfonamides is 1. The zero-order valence-electron chi connectivity index (χ0n) is 15.2. The lowest BCUT2D eigenvalue weighted by Crippen LogP contribution is -2.27. The molecular formula is C19H21FN2O3S. The summed E-state index contributed by atoms with van der Waals surface area (Å²) in [6.07, 6.45) is 2.59. The molecule has 1 aromatic carbocycles. The van der Waals surface area contributed by atoms with Gasteiger partial charge in [0, 0.05) is 47.9 Å². The minimum absolute atomic E-state index is 0.231. The zero-order valence-corrected chi connectivity index (χ0v) is 16.0. The van der Waals surface area contributed by atoms with Gasteiger partial charge in [-0.3, -0.25) is 9.30 Å². The number of hydrogen-bond acceptors (Lipinski definition) is 4. The average molecular weight is 376 g/mol. The van der Waals surface area contributed by atoms with Gasteiger partial charge in [0.05, 0.1) is 6.26 Å². The third-order valence-corrected chi connectivity index (χ3v) is 5.27. The number of rotatable bonds is 5. The van der Waals surface area contributed by atoms with Gasteiger partial charge in [-0.1, -0.05) is 13.2 Å². The molecule has 1 heterocycles. The van der Waals surface area contributed by atoms with Gasteiger partial charge in [-0.25, -0.2) is 12.8 Å². The molecule has 0 aliphatic carbocycles. The van der Waals surface area contributed by atoms with Gasteiger partial charge in [0.1, 0.15) is 17.0 Å². The molecule has 0 spiro atoms. The maximum Gasteiger partial charge on any atom is 0.231 e. The highest BCUT2D eigenvalue weighted by Crippen LogP contribution is 2.22. The maximum absolute atomic E-state index is 13.2. The van der Waals surface area contributed by atoms with E-state index in [1.54, 1.807) is 19.2 Å². The Morgan fingerprint density at radius 1 is 1.31 bits per heavy atom. The molecule has 0 saturated heterocycles. The zero-order chi connectivity index (χ0) is 19.6. The van der Waals surface area contributed by atoms with Crippen LogP contribution in [0.1, 0.15) is 12.5 Å². The van der Waals surface area contributed by atoms with Crippen molar-refractivity contribution in [2.75, 3.05) is 20.4 Å². The average Bonchev–Trinajstić information content (AvgIpc) is 2.89. The monoisotopic (exact) mass is 376 g/mol. The molecule has 5 nitrogen and oxygen atoms in total. The van der Waals surface area contributed by atoms with Crippen LogP contribution in [0.3, 0.4) is 0 Å². The second-order valence-corrected chi connectivity index (χ2v) is 7.84. The molecule has 0 aliphatic heterocycles. The van der Waals surface area contributed by atoms with Gasteiger partial charge in [0.2, 0.25) is 10.0 Å². The molecule has 0 bridgehead atoms. The highest BCUT2D eigenvalue weighted by molar-refractivity contribution is 7.88. The van der Waals surface area contributed by atoms with Gasteiger partial charge in [-0.15, -0.1) is 0 Å². The summed E-state index contributed by atoms with van der Waals surface area (Å²) in [5.74, 6) is 0.131. The van der Waals surface area contributed by atoms with E-state index in [-0.39, 0.29) is 11.5 Å². The molecule has 0 atom stereocenters. The second-order valence-electron chi connectivity index (χ2n) is 5.83. The summed E-state index contributed by atoms with van der Waals surface area (Å²) in [5.41, 5.74) is 2.63.